The van der Waals surface area contributed by atoms with Crippen LogP contribution in [-0.4, -0.2) is 53.5 Å². The van der Waals surface area contributed by atoms with Crippen molar-refractivity contribution in [3.05, 3.63) is 0 Å². The predicted octanol–water partition coefficient (Wildman–Crippen LogP) is 0.171. The topological polar surface area (TPSA) is 102 Å². The quantitative estimate of drug-likeness (QED) is 0.645. The van der Waals surface area contributed by atoms with Gasteiger partial charge in [0.05, 0.1) is 24.0 Å². The zero-order valence-corrected chi connectivity index (χ0v) is 14.4. The van der Waals surface area contributed by atoms with Gasteiger partial charge in [0.1, 0.15) is 6.04 Å². The monoisotopic (exact) mass is 337 g/mol. The van der Waals surface area contributed by atoms with Gasteiger partial charge in [-0.2, -0.15) is 0 Å². The van der Waals surface area contributed by atoms with Crippen LogP contribution in [0.3, 0.4) is 0 Å². The number of carbonyl (C=O) groups is 3. The molecule has 3 aliphatic heterocycles. The van der Waals surface area contributed by atoms with Gasteiger partial charge in [-0.15, -0.1) is 0 Å². The lowest BCUT2D eigenvalue weighted by molar-refractivity contribution is -0.149. The summed E-state index contributed by atoms with van der Waals surface area (Å²) in [6.07, 6.45) is 4.14. The number of nitrogens with one attached hydrogen (secondary N) is 1. The number of ether oxygens (including phenoxy) is 1. The Morgan fingerprint density at radius 1 is 1.29 bits per heavy atom. The van der Waals surface area contributed by atoms with Gasteiger partial charge in [-0.05, 0) is 26.2 Å². The van der Waals surface area contributed by atoms with E-state index in [0.29, 0.717) is 6.54 Å². The first kappa shape index (κ1) is 17.4. The standard InChI is InChI=1S/C17H27N3O4/c1-3-4-5-10(8-18)19-15(21)9(2)20-16(22)13-11-6-7-12(24-11)14(13)17(20)23/h9-14H,3-8,18H2,1-2H3,(H,19,21). The van der Waals surface area contributed by atoms with E-state index in [9.17, 15) is 14.4 Å². The van der Waals surface area contributed by atoms with Crippen LogP contribution in [0.2, 0.25) is 0 Å². The van der Waals surface area contributed by atoms with E-state index in [-0.39, 0.29) is 36.0 Å². The van der Waals surface area contributed by atoms with Crippen molar-refractivity contribution in [3.8, 4) is 0 Å². The maximum absolute atomic E-state index is 12.7. The zero-order chi connectivity index (χ0) is 17.4. The fourth-order valence-electron chi connectivity index (χ4n) is 4.26. The molecule has 3 amide bonds. The highest BCUT2D eigenvalue weighted by molar-refractivity contribution is 6.09. The van der Waals surface area contributed by atoms with Gasteiger partial charge in [0.2, 0.25) is 17.7 Å². The number of hydrogen-bond donors (Lipinski definition) is 2. The van der Waals surface area contributed by atoms with Crippen molar-refractivity contribution in [2.45, 2.75) is 70.2 Å². The number of amides is 3. The molecular weight excluding hydrogens is 310 g/mol. The molecule has 3 heterocycles. The van der Waals surface area contributed by atoms with Crippen LogP contribution in [0.5, 0.6) is 0 Å². The van der Waals surface area contributed by atoms with Crippen molar-refractivity contribution in [1.82, 2.24) is 10.2 Å². The Bertz CT molecular complexity index is 510. The SMILES string of the molecule is CCCCC(CN)NC(=O)C(C)N1C(=O)C2C3CCC(O3)C2C1=O. The summed E-state index contributed by atoms with van der Waals surface area (Å²) in [6.45, 7) is 4.04. The molecular formula is C17H27N3O4. The van der Waals surface area contributed by atoms with Gasteiger partial charge in [0, 0.05) is 12.6 Å². The molecule has 0 radical (unpaired) electrons. The molecule has 2 bridgehead atoms. The molecule has 134 valence electrons. The Balaban J connectivity index is 1.66. The van der Waals surface area contributed by atoms with Gasteiger partial charge in [0.25, 0.3) is 0 Å². The van der Waals surface area contributed by atoms with E-state index in [1.165, 1.54) is 0 Å². The number of likely N-dealkylation sites (tertiary alicyclic amines) is 1. The average molecular weight is 337 g/mol. The Hall–Kier alpha value is -1.47. The first-order valence-corrected chi connectivity index (χ1v) is 9.02. The van der Waals surface area contributed by atoms with Crippen LogP contribution in [0, 0.1) is 11.8 Å². The van der Waals surface area contributed by atoms with Gasteiger partial charge in [-0.3, -0.25) is 19.3 Å². The molecule has 3 saturated heterocycles. The van der Waals surface area contributed by atoms with E-state index in [4.69, 9.17) is 10.5 Å². The number of carbonyl (C=O) groups excluding carboxylic acids is 3. The number of rotatable bonds is 7. The highest BCUT2D eigenvalue weighted by atomic mass is 16.5. The van der Waals surface area contributed by atoms with Crippen molar-refractivity contribution in [2.24, 2.45) is 17.6 Å². The molecule has 3 N–H and O–H groups in total. The molecule has 7 nitrogen and oxygen atoms in total. The lowest BCUT2D eigenvalue weighted by Crippen LogP contribution is -2.52. The van der Waals surface area contributed by atoms with Gasteiger partial charge in [0.15, 0.2) is 0 Å². The molecule has 3 rings (SSSR count). The Kier molecular flexibility index (Phi) is 4.92. The number of imide groups is 1. The number of fused-ring (bicyclic) bond motifs is 5. The van der Waals surface area contributed by atoms with Gasteiger partial charge >= 0.3 is 0 Å². The number of nitrogens with two attached hydrogens (primary N) is 1. The molecule has 3 fully saturated rings. The van der Waals surface area contributed by atoms with Crippen LogP contribution in [-0.2, 0) is 19.1 Å². The van der Waals surface area contributed by atoms with Crippen LogP contribution in [0.25, 0.3) is 0 Å². The van der Waals surface area contributed by atoms with E-state index in [1.807, 2.05) is 0 Å². The number of hydrogen-bond acceptors (Lipinski definition) is 5. The molecule has 0 aliphatic carbocycles. The summed E-state index contributed by atoms with van der Waals surface area (Å²) < 4.78 is 5.71. The van der Waals surface area contributed by atoms with Gasteiger partial charge < -0.3 is 15.8 Å². The maximum Gasteiger partial charge on any atom is 0.243 e. The minimum absolute atomic E-state index is 0.119. The molecule has 0 aromatic rings. The van der Waals surface area contributed by atoms with Crippen LogP contribution < -0.4 is 11.1 Å². The summed E-state index contributed by atoms with van der Waals surface area (Å²) in [5.74, 6) is -1.60. The lowest BCUT2D eigenvalue weighted by Gasteiger charge is -2.26. The Labute approximate surface area is 142 Å². The molecule has 0 aromatic carbocycles. The van der Waals surface area contributed by atoms with E-state index in [0.717, 1.165) is 37.0 Å². The summed E-state index contributed by atoms with van der Waals surface area (Å²) in [6, 6.07) is -0.919. The fraction of sp³-hybridized carbons (Fsp3) is 0.824. The second-order valence-corrected chi connectivity index (χ2v) is 7.15. The average Bonchev–Trinajstić information content (AvgIpc) is 3.24. The third-order valence-corrected chi connectivity index (χ3v) is 5.62. The normalized spacial score (nSPS) is 33.7. The largest absolute Gasteiger partial charge is 0.373 e. The summed E-state index contributed by atoms with van der Waals surface area (Å²) in [5.41, 5.74) is 5.71. The summed E-state index contributed by atoms with van der Waals surface area (Å²) in [4.78, 5) is 39.0. The summed E-state index contributed by atoms with van der Waals surface area (Å²) >= 11 is 0. The molecule has 3 aliphatic rings. The highest BCUT2D eigenvalue weighted by Gasteiger charge is 2.63. The molecule has 6 unspecified atom stereocenters. The minimum Gasteiger partial charge on any atom is -0.373 e. The first-order chi connectivity index (χ1) is 11.5. The van der Waals surface area contributed by atoms with Crippen LogP contribution in [0.1, 0.15) is 46.0 Å². The highest BCUT2D eigenvalue weighted by Crippen LogP contribution is 2.48. The molecule has 0 saturated carbocycles. The Morgan fingerprint density at radius 2 is 1.88 bits per heavy atom. The number of unbranched alkanes of at least 4 members (excludes halogenated alkanes) is 1. The van der Waals surface area contributed by atoms with E-state index >= 15 is 0 Å². The predicted molar refractivity (Wildman–Crippen MR) is 86.7 cm³/mol. The minimum atomic E-state index is -0.800. The van der Waals surface area contributed by atoms with Crippen LogP contribution in [0.4, 0.5) is 0 Å². The lowest BCUT2D eigenvalue weighted by atomic mass is 9.81. The van der Waals surface area contributed by atoms with E-state index < -0.39 is 17.9 Å². The molecule has 7 heteroatoms. The van der Waals surface area contributed by atoms with E-state index in [1.54, 1.807) is 6.92 Å². The second kappa shape index (κ2) is 6.80. The van der Waals surface area contributed by atoms with Crippen molar-refractivity contribution < 1.29 is 19.1 Å². The molecule has 24 heavy (non-hydrogen) atoms. The first-order valence-electron chi connectivity index (χ1n) is 9.02. The Morgan fingerprint density at radius 3 is 2.38 bits per heavy atom. The van der Waals surface area contributed by atoms with Crippen LogP contribution in [0.15, 0.2) is 0 Å². The molecule has 0 spiro atoms. The third kappa shape index (κ3) is 2.73. The third-order valence-electron chi connectivity index (χ3n) is 5.62. The zero-order valence-electron chi connectivity index (χ0n) is 14.4. The molecule has 6 atom stereocenters. The second-order valence-electron chi connectivity index (χ2n) is 7.15. The van der Waals surface area contributed by atoms with Crippen molar-refractivity contribution in [1.29, 1.82) is 0 Å². The van der Waals surface area contributed by atoms with Crippen molar-refractivity contribution in [3.63, 3.8) is 0 Å². The van der Waals surface area contributed by atoms with Crippen molar-refractivity contribution >= 4 is 17.7 Å². The smallest absolute Gasteiger partial charge is 0.243 e. The van der Waals surface area contributed by atoms with Gasteiger partial charge in [-0.1, -0.05) is 19.8 Å². The fourth-order valence-corrected chi connectivity index (χ4v) is 4.26. The van der Waals surface area contributed by atoms with Crippen LogP contribution >= 0.6 is 0 Å². The molecule has 0 aromatic heterocycles. The summed E-state index contributed by atoms with van der Waals surface area (Å²) in [5, 5.41) is 2.88. The number of nitrogens with zero attached hydrogens (tertiary/aromatic N) is 1. The van der Waals surface area contributed by atoms with E-state index in [2.05, 4.69) is 12.2 Å². The maximum atomic E-state index is 12.7. The van der Waals surface area contributed by atoms with Gasteiger partial charge in [-0.25, -0.2) is 0 Å². The summed E-state index contributed by atoms with van der Waals surface area (Å²) in [7, 11) is 0. The van der Waals surface area contributed by atoms with Crippen molar-refractivity contribution in [2.75, 3.05) is 6.54 Å².